The summed E-state index contributed by atoms with van der Waals surface area (Å²) in [6.45, 7) is 7.91. The van der Waals surface area contributed by atoms with Gasteiger partial charge in [0.2, 0.25) is 6.29 Å². The molecule has 4 aliphatic carbocycles. The summed E-state index contributed by atoms with van der Waals surface area (Å²) in [5, 5.41) is 185. The van der Waals surface area contributed by atoms with E-state index < -0.39 is 217 Å². The van der Waals surface area contributed by atoms with Crippen molar-refractivity contribution < 1.29 is 165 Å². The highest BCUT2D eigenvalue weighted by Crippen LogP contribution is 2.73. The maximum Gasteiger partial charge on any atom is 0.295 e. The van der Waals surface area contributed by atoms with Crippen LogP contribution in [0.2, 0.25) is 0 Å². The molecule has 524 valence electrons. The van der Waals surface area contributed by atoms with Crippen molar-refractivity contribution in [1.29, 1.82) is 0 Å². The van der Waals surface area contributed by atoms with Crippen LogP contribution in [0, 0.1) is 28.1 Å². The number of aliphatic hydroxyl groups is 18. The molecular formula is C57H98O33. The second-order valence-electron chi connectivity index (χ2n) is 26.6. The summed E-state index contributed by atoms with van der Waals surface area (Å²) >= 11 is 0. The largest absolute Gasteiger partial charge is 0.435 e. The van der Waals surface area contributed by atoms with Gasteiger partial charge in [-0.1, -0.05) is 33.8 Å². The zero-order valence-electron chi connectivity index (χ0n) is 50.5. The molecule has 6 heterocycles. The number of aliphatic hydroxyl groups excluding tert-OH is 18. The third-order valence-electron chi connectivity index (χ3n) is 20.8. The molecule has 6 saturated heterocycles. The van der Waals surface area contributed by atoms with E-state index in [1.165, 1.54) is 19.3 Å². The molecule has 10 fully saturated rings. The maximum atomic E-state index is 11.6. The summed E-state index contributed by atoms with van der Waals surface area (Å²) in [5.41, 5.74) is 0.430. The van der Waals surface area contributed by atoms with E-state index in [0.29, 0.717) is 24.7 Å². The van der Waals surface area contributed by atoms with E-state index in [1.54, 1.807) is 0 Å². The molecule has 0 radical (unpaired) electrons. The smallest absolute Gasteiger partial charge is 0.295 e. The second kappa shape index (κ2) is 30.6. The van der Waals surface area contributed by atoms with Crippen molar-refractivity contribution in [2.45, 2.75) is 269 Å². The lowest BCUT2D eigenvalue weighted by atomic mass is 9.41. The molecule has 0 aromatic carbocycles. The Morgan fingerprint density at radius 3 is 1.33 bits per heavy atom. The number of hydrogen-bond acceptors (Lipinski definition) is 31. The topological polar surface area (TPSA) is 555 Å². The van der Waals surface area contributed by atoms with Crippen LogP contribution in [0.4, 0.5) is 0 Å². The highest BCUT2D eigenvalue weighted by atomic mass is 16.8. The van der Waals surface area contributed by atoms with E-state index in [0.717, 1.165) is 31.3 Å². The van der Waals surface area contributed by atoms with Crippen LogP contribution in [-0.2, 0) is 61.6 Å². The maximum absolute atomic E-state index is 11.6. The van der Waals surface area contributed by atoms with Crippen LogP contribution in [0.1, 0.15) is 91.4 Å². The molecule has 0 aromatic heterocycles. The van der Waals surface area contributed by atoms with Crippen molar-refractivity contribution in [3.63, 3.8) is 0 Å². The van der Waals surface area contributed by atoms with Crippen molar-refractivity contribution >= 4 is 6.47 Å². The molecule has 4 saturated carbocycles. The lowest BCUT2D eigenvalue weighted by Gasteiger charge is -2.64. The molecule has 0 amide bonds. The molecule has 10 rings (SSSR count). The molecule has 10 aliphatic rings. The van der Waals surface area contributed by atoms with Crippen LogP contribution in [0.5, 0.6) is 0 Å². The minimum absolute atomic E-state index is 0. The Morgan fingerprint density at radius 1 is 0.467 bits per heavy atom. The molecular weight excluding hydrogens is 1210 g/mol. The Balaban J connectivity index is 0.000000272. The fourth-order valence-electron chi connectivity index (χ4n) is 16.3. The standard InChI is InChI=1S/C38H62O15.C19H32O16.2H2O/c1-18-13-37-10-6-23-35(2,3)8-5-9-36(23,4)24(37)7-11-38(18,17-37)53-34-31(52-33-29(47)28(46)26(44)21(15-40)49-33)30(27(45)22(16-41)50-34)51-32-25(43)20(42)12-19(14-39)48-32;20-2-6-1-7(24)10(25)17(31-6)34-15-12(27)9(4-22)33-19(30-5-23)16(15)35-18-14(29)13(28)11(26)8(3-21)32-18;;/h19-34,39-47H,1,5-17H2,2-4H3;5-22,24-29H,1-4H2;2*1H2/t19?,20?,21?,22?,23-,24+,25?,26?,27?,28?,29?,30?,31?,32?,33?,34?,36-,37-,38+;;;/m1.../s1. The predicted molar refractivity (Wildman–Crippen MR) is 295 cm³/mol. The molecule has 28 unspecified atom stereocenters. The fraction of sp³-hybridized carbons (Fsp3) is 0.947. The first-order valence-electron chi connectivity index (χ1n) is 30.5. The molecule has 1 spiro atoms. The Hall–Kier alpha value is -2.03. The van der Waals surface area contributed by atoms with Gasteiger partial charge in [-0.05, 0) is 85.0 Å². The van der Waals surface area contributed by atoms with Gasteiger partial charge >= 0.3 is 0 Å². The summed E-state index contributed by atoms with van der Waals surface area (Å²) in [4.78, 5) is 11.1. The van der Waals surface area contributed by atoms with Gasteiger partial charge in [-0.15, -0.1) is 0 Å². The highest BCUT2D eigenvalue weighted by molar-refractivity contribution is 5.37. The zero-order valence-corrected chi connectivity index (χ0v) is 50.5. The molecule has 90 heavy (non-hydrogen) atoms. The first-order chi connectivity index (χ1) is 41.7. The summed E-state index contributed by atoms with van der Waals surface area (Å²) in [7, 11) is 0. The van der Waals surface area contributed by atoms with Crippen molar-refractivity contribution in [1.82, 2.24) is 0 Å². The summed E-state index contributed by atoms with van der Waals surface area (Å²) < 4.78 is 69.3. The Bertz CT molecular complexity index is 2270. The zero-order chi connectivity index (χ0) is 64.1. The van der Waals surface area contributed by atoms with Crippen LogP contribution in [0.15, 0.2) is 12.2 Å². The van der Waals surface area contributed by atoms with E-state index in [1.807, 2.05) is 0 Å². The van der Waals surface area contributed by atoms with Gasteiger partial charge in [-0.3, -0.25) is 4.79 Å². The van der Waals surface area contributed by atoms with E-state index in [2.05, 4.69) is 27.4 Å². The lowest BCUT2D eigenvalue weighted by molar-refractivity contribution is -0.397. The minimum Gasteiger partial charge on any atom is -0.435 e. The van der Waals surface area contributed by atoms with Crippen molar-refractivity contribution in [2.24, 2.45) is 28.1 Å². The third kappa shape index (κ3) is 14.5. The highest BCUT2D eigenvalue weighted by Gasteiger charge is 2.68. The van der Waals surface area contributed by atoms with Gasteiger partial charge in [0.05, 0.1) is 69.7 Å². The van der Waals surface area contributed by atoms with Gasteiger partial charge in [0.15, 0.2) is 37.6 Å². The fourth-order valence-corrected chi connectivity index (χ4v) is 16.3. The number of carbonyl (C=O) groups is 1. The average molecular weight is 1310 g/mol. The molecule has 33 heteroatoms. The van der Waals surface area contributed by atoms with Crippen LogP contribution in [-0.4, -0.2) is 327 Å². The van der Waals surface area contributed by atoms with Gasteiger partial charge < -0.3 is 160 Å². The van der Waals surface area contributed by atoms with Crippen LogP contribution < -0.4 is 0 Å². The number of ether oxygens (including phenoxy) is 12. The third-order valence-corrected chi connectivity index (χ3v) is 20.8. The summed E-state index contributed by atoms with van der Waals surface area (Å²) in [6.07, 6.45) is -34.7. The monoisotopic (exact) mass is 1310 g/mol. The summed E-state index contributed by atoms with van der Waals surface area (Å²) in [6, 6.07) is 0. The number of fused-ring (bicyclic) bond motifs is 3. The van der Waals surface area contributed by atoms with Gasteiger partial charge in [0.25, 0.3) is 6.47 Å². The van der Waals surface area contributed by atoms with Crippen LogP contribution in [0.3, 0.4) is 0 Å². The number of rotatable bonds is 18. The van der Waals surface area contributed by atoms with Crippen molar-refractivity contribution in [2.75, 3.05) is 39.6 Å². The number of carbonyl (C=O) groups excluding carboxylic acids is 1. The number of hydrogen-bond donors (Lipinski definition) is 18. The van der Waals surface area contributed by atoms with Crippen LogP contribution >= 0.6 is 0 Å². The van der Waals surface area contributed by atoms with E-state index in [-0.39, 0.29) is 46.5 Å². The molecule has 6 aliphatic heterocycles. The molecule has 33 atom stereocenters. The van der Waals surface area contributed by atoms with E-state index in [9.17, 15) is 96.7 Å². The Morgan fingerprint density at radius 2 is 0.878 bits per heavy atom. The first kappa shape index (κ1) is 75.4. The van der Waals surface area contributed by atoms with Gasteiger partial charge in [0, 0.05) is 12.8 Å². The predicted octanol–water partition coefficient (Wildman–Crippen LogP) is -8.42. The molecule has 0 aromatic rings. The normalized spacial score (nSPS) is 50.8. The van der Waals surface area contributed by atoms with Gasteiger partial charge in [0.1, 0.15) is 104 Å². The lowest BCUT2D eigenvalue weighted by Crippen LogP contribution is -2.67. The second-order valence-corrected chi connectivity index (χ2v) is 26.6. The van der Waals surface area contributed by atoms with E-state index >= 15 is 0 Å². The Kier molecular flexibility index (Phi) is 25.6. The molecule has 2 bridgehead atoms. The first-order valence-corrected chi connectivity index (χ1v) is 30.5. The average Bonchev–Trinajstić information content (AvgIpc) is 1.44. The van der Waals surface area contributed by atoms with Crippen molar-refractivity contribution in [3.05, 3.63) is 12.2 Å². The SMILES string of the molecule is C=C1C[C@@]23CC[C@@H]4C(C)(C)CCC[C@@]4(C)[C@@H]2CC[C@]1(OC1OC(CO)C(O)C(OC2OC(CO)CC(O)C2O)C1OC1OC(CO)C(O)C(O)C1O)C3.O.O.O=COC1OC(CO)C(O)C(OC2OC(CO)CC(O)C2O)C1OC1OC(CO)C(O)C(O)C1O. The van der Waals surface area contributed by atoms with Gasteiger partial charge in [-0.2, -0.15) is 0 Å². The van der Waals surface area contributed by atoms with Crippen molar-refractivity contribution in [3.8, 4) is 0 Å². The molecule has 22 N–H and O–H groups in total. The molecule has 33 nitrogen and oxygen atoms in total. The Labute approximate surface area is 518 Å². The van der Waals surface area contributed by atoms with E-state index in [4.69, 9.17) is 56.8 Å². The minimum atomic E-state index is -1.88. The summed E-state index contributed by atoms with van der Waals surface area (Å²) in [5.74, 6) is 1.09. The quantitative estimate of drug-likeness (QED) is 0.0344. The van der Waals surface area contributed by atoms with Crippen LogP contribution in [0.25, 0.3) is 0 Å². The van der Waals surface area contributed by atoms with Gasteiger partial charge in [-0.25, -0.2) is 0 Å².